The first-order chi connectivity index (χ1) is 14.3. The number of hydrogen-bond acceptors (Lipinski definition) is 4. The minimum absolute atomic E-state index is 0.0163. The monoisotopic (exact) mass is 399 g/mol. The van der Waals surface area contributed by atoms with Crippen LogP contribution in [0.1, 0.15) is 57.4 Å². The van der Waals surface area contributed by atoms with Crippen molar-refractivity contribution in [3.8, 4) is 5.75 Å². The summed E-state index contributed by atoms with van der Waals surface area (Å²) in [4.78, 5) is 38.7. The fourth-order valence-corrected chi connectivity index (χ4v) is 3.36. The first-order valence-corrected chi connectivity index (χ1v) is 9.66. The van der Waals surface area contributed by atoms with Crippen molar-refractivity contribution >= 4 is 23.5 Å². The Kier molecular flexibility index (Phi) is 4.74. The summed E-state index contributed by atoms with van der Waals surface area (Å²) in [7, 11) is 0. The van der Waals surface area contributed by atoms with E-state index in [9.17, 15) is 14.4 Å². The highest BCUT2D eigenvalue weighted by Gasteiger charge is 2.36. The van der Waals surface area contributed by atoms with Gasteiger partial charge in [-0.2, -0.15) is 0 Å². The Morgan fingerprint density at radius 3 is 1.80 bits per heavy atom. The molecule has 0 aliphatic carbocycles. The van der Waals surface area contributed by atoms with Gasteiger partial charge in [-0.1, -0.05) is 45.0 Å². The molecule has 0 spiro atoms. The molecule has 3 aromatic carbocycles. The third-order valence-corrected chi connectivity index (χ3v) is 5.09. The predicted molar refractivity (Wildman–Crippen MR) is 114 cm³/mol. The molecular weight excluding hydrogens is 378 g/mol. The average molecular weight is 399 g/mol. The third-order valence-electron chi connectivity index (χ3n) is 5.09. The third kappa shape index (κ3) is 3.50. The molecule has 1 heterocycles. The molecule has 1 aliphatic heterocycles. The maximum atomic E-state index is 12.6. The summed E-state index contributed by atoms with van der Waals surface area (Å²) in [5.74, 6) is -0.792. The number of amides is 2. The summed E-state index contributed by atoms with van der Waals surface area (Å²) in [6, 6.07) is 20.4. The van der Waals surface area contributed by atoms with Gasteiger partial charge in [0.15, 0.2) is 0 Å². The maximum Gasteiger partial charge on any atom is 0.343 e. The molecule has 3 aromatic rings. The van der Waals surface area contributed by atoms with Crippen LogP contribution in [0.15, 0.2) is 72.8 Å². The van der Waals surface area contributed by atoms with Crippen LogP contribution in [0.4, 0.5) is 5.69 Å². The van der Waals surface area contributed by atoms with Gasteiger partial charge in [0.1, 0.15) is 5.75 Å². The molecule has 2 amide bonds. The number of imide groups is 1. The molecule has 0 N–H and O–H groups in total. The molecular formula is C25H21NO4. The van der Waals surface area contributed by atoms with Gasteiger partial charge in [-0.15, -0.1) is 0 Å². The van der Waals surface area contributed by atoms with Crippen LogP contribution in [0.5, 0.6) is 5.75 Å². The number of hydrogen-bond donors (Lipinski definition) is 0. The maximum absolute atomic E-state index is 12.6. The van der Waals surface area contributed by atoms with E-state index in [2.05, 4.69) is 20.8 Å². The molecule has 5 heteroatoms. The van der Waals surface area contributed by atoms with Crippen LogP contribution in [0.25, 0.3) is 0 Å². The van der Waals surface area contributed by atoms with Crippen LogP contribution >= 0.6 is 0 Å². The fraction of sp³-hybridized carbons (Fsp3) is 0.160. The number of rotatable bonds is 3. The van der Waals surface area contributed by atoms with E-state index >= 15 is 0 Å². The fourth-order valence-electron chi connectivity index (χ4n) is 3.36. The number of carbonyl (C=O) groups excluding carboxylic acids is 3. The van der Waals surface area contributed by atoms with Crippen molar-refractivity contribution in [2.24, 2.45) is 0 Å². The molecule has 5 nitrogen and oxygen atoms in total. The molecule has 0 bridgehead atoms. The zero-order valence-electron chi connectivity index (χ0n) is 17.0. The van der Waals surface area contributed by atoms with Crippen molar-refractivity contribution in [2.45, 2.75) is 26.2 Å². The van der Waals surface area contributed by atoms with Gasteiger partial charge in [0, 0.05) is 0 Å². The molecule has 0 saturated heterocycles. The summed E-state index contributed by atoms with van der Waals surface area (Å²) in [6.45, 7) is 6.35. The summed E-state index contributed by atoms with van der Waals surface area (Å²) in [5, 5.41) is 0. The average Bonchev–Trinajstić information content (AvgIpc) is 2.98. The Hall–Kier alpha value is -3.73. The largest absolute Gasteiger partial charge is 0.423 e. The standard InChI is InChI=1S/C25H21NO4/c1-25(2,3)17-10-14-19(15-11-17)30-24(29)16-8-12-18(13-9-16)26-22(27)20-6-4-5-7-21(20)23(26)28/h4-15H,1-3H3. The van der Waals surface area contributed by atoms with Crippen LogP contribution in [0.3, 0.4) is 0 Å². The number of fused-ring (bicyclic) bond motifs is 1. The van der Waals surface area contributed by atoms with E-state index in [-0.39, 0.29) is 17.2 Å². The Morgan fingerprint density at radius 1 is 0.767 bits per heavy atom. The molecule has 0 unspecified atom stereocenters. The predicted octanol–water partition coefficient (Wildman–Crippen LogP) is 5.00. The van der Waals surface area contributed by atoms with Crippen LogP contribution in [0.2, 0.25) is 0 Å². The van der Waals surface area contributed by atoms with Crippen molar-refractivity contribution in [1.29, 1.82) is 0 Å². The second kappa shape index (κ2) is 7.26. The van der Waals surface area contributed by atoms with E-state index in [0.29, 0.717) is 28.1 Å². The summed E-state index contributed by atoms with van der Waals surface area (Å²) in [5.41, 5.74) is 2.66. The van der Waals surface area contributed by atoms with E-state index < -0.39 is 5.97 Å². The summed E-state index contributed by atoms with van der Waals surface area (Å²) < 4.78 is 5.44. The van der Waals surface area contributed by atoms with Gasteiger partial charge in [0.05, 0.1) is 22.4 Å². The SMILES string of the molecule is CC(C)(C)c1ccc(OC(=O)c2ccc(N3C(=O)c4ccccc4C3=O)cc2)cc1. The number of carbonyl (C=O) groups is 3. The van der Waals surface area contributed by atoms with E-state index in [1.807, 2.05) is 12.1 Å². The number of benzene rings is 3. The number of ether oxygens (including phenoxy) is 1. The zero-order chi connectivity index (χ0) is 21.5. The minimum Gasteiger partial charge on any atom is -0.423 e. The van der Waals surface area contributed by atoms with Crippen molar-refractivity contribution in [3.63, 3.8) is 0 Å². The molecule has 4 rings (SSSR count). The first kappa shape index (κ1) is 19.6. The molecule has 30 heavy (non-hydrogen) atoms. The van der Waals surface area contributed by atoms with Crippen LogP contribution in [-0.2, 0) is 5.41 Å². The number of nitrogens with zero attached hydrogens (tertiary/aromatic N) is 1. The molecule has 1 aliphatic rings. The molecule has 0 aromatic heterocycles. The first-order valence-electron chi connectivity index (χ1n) is 9.66. The van der Waals surface area contributed by atoms with Gasteiger partial charge >= 0.3 is 5.97 Å². The lowest BCUT2D eigenvalue weighted by molar-refractivity contribution is 0.0734. The Bertz CT molecular complexity index is 1100. The van der Waals surface area contributed by atoms with E-state index in [0.717, 1.165) is 10.5 Å². The van der Waals surface area contributed by atoms with Crippen molar-refractivity contribution in [2.75, 3.05) is 4.90 Å². The van der Waals surface area contributed by atoms with Crippen LogP contribution in [0, 0.1) is 0 Å². The Balaban J connectivity index is 1.49. The van der Waals surface area contributed by atoms with Gasteiger partial charge in [0.2, 0.25) is 0 Å². The van der Waals surface area contributed by atoms with Gasteiger partial charge in [0.25, 0.3) is 11.8 Å². The zero-order valence-corrected chi connectivity index (χ0v) is 17.0. The normalized spacial score (nSPS) is 13.4. The lowest BCUT2D eigenvalue weighted by atomic mass is 9.87. The topological polar surface area (TPSA) is 63.7 Å². The smallest absolute Gasteiger partial charge is 0.343 e. The van der Waals surface area contributed by atoms with Crippen molar-refractivity contribution < 1.29 is 19.1 Å². The van der Waals surface area contributed by atoms with Crippen molar-refractivity contribution in [3.05, 3.63) is 95.1 Å². The second-order valence-electron chi connectivity index (χ2n) is 8.20. The Morgan fingerprint density at radius 2 is 1.30 bits per heavy atom. The van der Waals surface area contributed by atoms with Gasteiger partial charge < -0.3 is 4.74 Å². The van der Waals surface area contributed by atoms with E-state index in [1.165, 1.54) is 0 Å². The molecule has 0 fully saturated rings. The molecule has 0 saturated carbocycles. The van der Waals surface area contributed by atoms with Gasteiger partial charge in [-0.3, -0.25) is 9.59 Å². The van der Waals surface area contributed by atoms with Crippen LogP contribution in [-0.4, -0.2) is 17.8 Å². The highest BCUT2D eigenvalue weighted by molar-refractivity contribution is 6.34. The summed E-state index contributed by atoms with van der Waals surface area (Å²) in [6.07, 6.45) is 0. The highest BCUT2D eigenvalue weighted by Crippen LogP contribution is 2.29. The molecule has 0 radical (unpaired) electrons. The number of esters is 1. The van der Waals surface area contributed by atoms with E-state index in [1.54, 1.807) is 60.7 Å². The van der Waals surface area contributed by atoms with Crippen LogP contribution < -0.4 is 9.64 Å². The van der Waals surface area contributed by atoms with Gasteiger partial charge in [-0.05, 0) is 59.5 Å². The second-order valence-corrected chi connectivity index (χ2v) is 8.20. The summed E-state index contributed by atoms with van der Waals surface area (Å²) >= 11 is 0. The van der Waals surface area contributed by atoms with Gasteiger partial charge in [-0.25, -0.2) is 9.69 Å². The molecule has 0 atom stereocenters. The van der Waals surface area contributed by atoms with Crippen molar-refractivity contribution in [1.82, 2.24) is 0 Å². The molecule has 150 valence electrons. The Labute approximate surface area is 174 Å². The lowest BCUT2D eigenvalue weighted by Crippen LogP contribution is -2.29. The number of anilines is 1. The quantitative estimate of drug-likeness (QED) is 0.353. The lowest BCUT2D eigenvalue weighted by Gasteiger charge is -2.19. The highest BCUT2D eigenvalue weighted by atomic mass is 16.5. The van der Waals surface area contributed by atoms with E-state index in [4.69, 9.17) is 4.74 Å². The minimum atomic E-state index is -0.507.